The van der Waals surface area contributed by atoms with Crippen molar-refractivity contribution in [3.63, 3.8) is 0 Å². The molecule has 2 aromatic carbocycles. The fourth-order valence-electron chi connectivity index (χ4n) is 2.55. The molecule has 3 rings (SSSR count). The number of hydrogen-bond acceptors (Lipinski definition) is 2. The molecular weight excluding hydrogens is 352 g/mol. The second-order valence-corrected chi connectivity index (χ2v) is 6.22. The summed E-state index contributed by atoms with van der Waals surface area (Å²) in [6.45, 7) is 3.37. The molecule has 0 atom stereocenters. The third-order valence-corrected chi connectivity index (χ3v) is 4.69. The van der Waals surface area contributed by atoms with Gasteiger partial charge in [0.2, 0.25) is 0 Å². The van der Waals surface area contributed by atoms with Gasteiger partial charge in [0.1, 0.15) is 11.5 Å². The highest BCUT2D eigenvalue weighted by Gasteiger charge is 2.21. The molecule has 0 spiro atoms. The molecule has 0 radical (unpaired) electrons. The lowest BCUT2D eigenvalue weighted by Gasteiger charge is -2.11. The smallest absolute Gasteiger partial charge is 0.142 e. The fraction of sp³-hybridized carbons (Fsp3) is 0.294. The normalized spacial score (nSPS) is 12.9. The predicted octanol–water partition coefficient (Wildman–Crippen LogP) is 5.03. The lowest BCUT2D eigenvalue weighted by atomic mass is 10.0. The summed E-state index contributed by atoms with van der Waals surface area (Å²) in [6, 6.07) is 10.2. The van der Waals surface area contributed by atoms with Crippen LogP contribution in [0.4, 0.5) is 0 Å². The van der Waals surface area contributed by atoms with Crippen LogP contribution < -0.4 is 9.47 Å². The zero-order valence-corrected chi connectivity index (χ0v) is 14.1. The van der Waals surface area contributed by atoms with E-state index < -0.39 is 0 Å². The molecule has 0 saturated carbocycles. The van der Waals surface area contributed by atoms with Crippen molar-refractivity contribution in [2.75, 3.05) is 13.2 Å². The van der Waals surface area contributed by atoms with E-state index in [-0.39, 0.29) is 0 Å². The van der Waals surface area contributed by atoms with Crippen LogP contribution in [0.2, 0.25) is 5.02 Å². The summed E-state index contributed by atoms with van der Waals surface area (Å²) in [6.07, 6.45) is 1.69. The number of ether oxygens (including phenoxy) is 2. The highest BCUT2D eigenvalue weighted by molar-refractivity contribution is 9.10. The highest BCUT2D eigenvalue weighted by Crippen LogP contribution is 2.41. The van der Waals surface area contributed by atoms with Crippen molar-refractivity contribution in [1.29, 1.82) is 0 Å². The molecule has 21 heavy (non-hydrogen) atoms. The van der Waals surface area contributed by atoms with E-state index in [0.717, 1.165) is 39.4 Å². The molecule has 1 heterocycles. The summed E-state index contributed by atoms with van der Waals surface area (Å²) in [5.74, 6) is 1.73. The second-order valence-electron chi connectivity index (χ2n) is 4.99. The lowest BCUT2D eigenvalue weighted by molar-refractivity contribution is 0.340. The van der Waals surface area contributed by atoms with E-state index >= 15 is 0 Å². The largest absolute Gasteiger partial charge is 0.494 e. The van der Waals surface area contributed by atoms with E-state index in [4.69, 9.17) is 21.1 Å². The Morgan fingerprint density at radius 1 is 1.29 bits per heavy atom. The average molecular weight is 368 g/mol. The predicted molar refractivity (Wildman–Crippen MR) is 88.8 cm³/mol. The van der Waals surface area contributed by atoms with Crippen molar-refractivity contribution in [3.8, 4) is 11.5 Å². The van der Waals surface area contributed by atoms with Crippen LogP contribution in [0.15, 0.2) is 34.8 Å². The fourth-order valence-corrected chi connectivity index (χ4v) is 3.49. The average Bonchev–Trinajstić information content (AvgIpc) is 2.97. The first-order valence-electron chi connectivity index (χ1n) is 7.03. The summed E-state index contributed by atoms with van der Waals surface area (Å²) in [4.78, 5) is 0. The van der Waals surface area contributed by atoms with Gasteiger partial charge in [-0.15, -0.1) is 0 Å². The summed E-state index contributed by atoms with van der Waals surface area (Å²) in [5.41, 5.74) is 3.45. The molecule has 1 aliphatic heterocycles. The van der Waals surface area contributed by atoms with E-state index in [1.54, 1.807) is 0 Å². The minimum atomic E-state index is 0.681. The molecule has 0 amide bonds. The maximum atomic E-state index is 6.49. The molecule has 0 aromatic heterocycles. The number of hydrogen-bond donors (Lipinski definition) is 0. The van der Waals surface area contributed by atoms with Crippen molar-refractivity contribution in [2.24, 2.45) is 0 Å². The van der Waals surface area contributed by atoms with E-state index in [1.165, 1.54) is 11.1 Å². The Kier molecular flexibility index (Phi) is 4.41. The molecule has 0 unspecified atom stereocenters. The van der Waals surface area contributed by atoms with Crippen LogP contribution in [0.5, 0.6) is 11.5 Å². The zero-order chi connectivity index (χ0) is 14.8. The summed E-state index contributed by atoms with van der Waals surface area (Å²) in [7, 11) is 0. The van der Waals surface area contributed by atoms with E-state index in [2.05, 4.69) is 34.1 Å². The van der Waals surface area contributed by atoms with Gasteiger partial charge in [-0.2, -0.15) is 0 Å². The number of halogens is 2. The van der Waals surface area contributed by atoms with Crippen molar-refractivity contribution >= 4 is 27.5 Å². The van der Waals surface area contributed by atoms with Crippen molar-refractivity contribution in [1.82, 2.24) is 0 Å². The van der Waals surface area contributed by atoms with Crippen molar-refractivity contribution in [3.05, 3.63) is 56.5 Å². The molecular formula is C17H16BrClO2. The van der Waals surface area contributed by atoms with Gasteiger partial charge >= 0.3 is 0 Å². The van der Waals surface area contributed by atoms with Crippen LogP contribution >= 0.6 is 27.5 Å². The van der Waals surface area contributed by atoms with E-state index in [1.807, 2.05) is 19.1 Å². The van der Waals surface area contributed by atoms with Gasteiger partial charge in [0.05, 0.1) is 18.2 Å². The standard InChI is InChI=1S/C17H16BrClO2/c1-2-20-13-5-3-11(4-6-13)9-12-10-15(18)14-7-8-21-17(14)16(12)19/h3-6,10H,2,7-9H2,1H3. The number of rotatable bonds is 4. The molecule has 0 N–H and O–H groups in total. The Morgan fingerprint density at radius 3 is 2.76 bits per heavy atom. The SMILES string of the molecule is CCOc1ccc(Cc2cc(Br)c3c(c2Cl)OCC3)cc1. The van der Waals surface area contributed by atoms with Gasteiger partial charge in [0.15, 0.2) is 0 Å². The van der Waals surface area contributed by atoms with E-state index in [9.17, 15) is 0 Å². The monoisotopic (exact) mass is 366 g/mol. The van der Waals surface area contributed by atoms with E-state index in [0.29, 0.717) is 13.2 Å². The van der Waals surface area contributed by atoms with Gasteiger partial charge in [-0.25, -0.2) is 0 Å². The first kappa shape index (κ1) is 14.7. The van der Waals surface area contributed by atoms with Gasteiger partial charge in [0.25, 0.3) is 0 Å². The molecule has 0 saturated heterocycles. The first-order chi connectivity index (χ1) is 10.2. The molecule has 1 aliphatic rings. The van der Waals surface area contributed by atoms with Crippen molar-refractivity contribution in [2.45, 2.75) is 19.8 Å². The highest BCUT2D eigenvalue weighted by atomic mass is 79.9. The Balaban J connectivity index is 1.86. The minimum Gasteiger partial charge on any atom is -0.494 e. The Morgan fingerprint density at radius 2 is 2.05 bits per heavy atom. The molecule has 110 valence electrons. The quantitative estimate of drug-likeness (QED) is 0.755. The summed E-state index contributed by atoms with van der Waals surface area (Å²) in [5, 5.41) is 0.736. The topological polar surface area (TPSA) is 18.5 Å². The molecule has 0 fully saturated rings. The Bertz CT molecular complexity index is 653. The van der Waals surface area contributed by atoms with Gasteiger partial charge in [0, 0.05) is 16.5 Å². The number of fused-ring (bicyclic) bond motifs is 1. The lowest BCUT2D eigenvalue weighted by Crippen LogP contribution is -1.95. The third kappa shape index (κ3) is 3.04. The minimum absolute atomic E-state index is 0.681. The maximum absolute atomic E-state index is 6.49. The Labute approximate surface area is 138 Å². The molecule has 4 heteroatoms. The molecule has 0 bridgehead atoms. The molecule has 0 aliphatic carbocycles. The van der Waals surface area contributed by atoms with Crippen LogP contribution in [0, 0.1) is 0 Å². The van der Waals surface area contributed by atoms with Gasteiger partial charge in [-0.05, 0) is 42.7 Å². The van der Waals surface area contributed by atoms with Crippen LogP contribution in [-0.4, -0.2) is 13.2 Å². The van der Waals surface area contributed by atoms with Crippen LogP contribution in [0.3, 0.4) is 0 Å². The zero-order valence-electron chi connectivity index (χ0n) is 11.8. The molecule has 2 aromatic rings. The van der Waals surface area contributed by atoms with Crippen molar-refractivity contribution < 1.29 is 9.47 Å². The van der Waals surface area contributed by atoms with Crippen LogP contribution in [-0.2, 0) is 12.8 Å². The van der Waals surface area contributed by atoms with Crippen LogP contribution in [0.25, 0.3) is 0 Å². The third-order valence-electron chi connectivity index (χ3n) is 3.57. The summed E-state index contributed by atoms with van der Waals surface area (Å²) >= 11 is 10.1. The van der Waals surface area contributed by atoms with Gasteiger partial charge in [-0.1, -0.05) is 39.7 Å². The summed E-state index contributed by atoms with van der Waals surface area (Å²) < 4.78 is 12.2. The van der Waals surface area contributed by atoms with Gasteiger partial charge in [-0.3, -0.25) is 0 Å². The molecule has 2 nitrogen and oxygen atoms in total. The van der Waals surface area contributed by atoms with Gasteiger partial charge < -0.3 is 9.47 Å². The van der Waals surface area contributed by atoms with Crippen LogP contribution in [0.1, 0.15) is 23.6 Å². The second kappa shape index (κ2) is 6.29. The Hall–Kier alpha value is -1.19. The first-order valence-corrected chi connectivity index (χ1v) is 8.20. The maximum Gasteiger partial charge on any atom is 0.142 e. The number of benzene rings is 2.